The molecule has 130 valence electrons. The molecule has 0 amide bonds. The normalized spacial score (nSPS) is 12.0. The van der Waals surface area contributed by atoms with Crippen molar-refractivity contribution in [3.05, 3.63) is 42.5 Å². The van der Waals surface area contributed by atoms with Crippen molar-refractivity contribution >= 4 is 8.32 Å². The van der Waals surface area contributed by atoms with Crippen LogP contribution in [-0.2, 0) is 0 Å². The fraction of sp³-hybridized carbons (Fsp3) is 0.400. The largest absolute Gasteiger partial charge is 0.543 e. The summed E-state index contributed by atoms with van der Waals surface area (Å²) >= 11 is 0. The third-order valence-electron chi connectivity index (χ3n) is 4.72. The summed E-state index contributed by atoms with van der Waals surface area (Å²) in [6, 6.07) is 14.1. The first-order valence-electron chi connectivity index (χ1n) is 8.19. The fourth-order valence-electron chi connectivity index (χ4n) is 2.19. The molecular formula is C20H28O3Si. The molecule has 0 saturated heterocycles. The van der Waals surface area contributed by atoms with Gasteiger partial charge in [0, 0.05) is 11.6 Å². The van der Waals surface area contributed by atoms with Crippen LogP contribution < -0.4 is 13.9 Å². The molecule has 0 spiro atoms. The van der Waals surface area contributed by atoms with Gasteiger partial charge in [-0.1, -0.05) is 39.0 Å². The summed E-state index contributed by atoms with van der Waals surface area (Å²) in [7, 11) is 1.41. The van der Waals surface area contributed by atoms with Crippen LogP contribution in [0.5, 0.6) is 17.2 Å². The summed E-state index contributed by atoms with van der Waals surface area (Å²) < 4.78 is 17.4. The molecule has 3 nitrogen and oxygen atoms in total. The Bertz CT molecular complexity index is 680. The standard InChI is InChI=1S/C20H28O3Si/c1-20(2,3)24(6,7)23-19-11-9-8-10-18(19)15-12-16(21-4)14-17(13-15)22-5/h8-14H,1-7H3. The van der Waals surface area contributed by atoms with Crippen molar-refractivity contribution in [1.82, 2.24) is 0 Å². The van der Waals surface area contributed by atoms with E-state index in [0.717, 1.165) is 28.4 Å². The number of methoxy groups -OCH3 is 2. The molecule has 0 heterocycles. The maximum absolute atomic E-state index is 6.56. The number of para-hydroxylation sites is 1. The Morgan fingerprint density at radius 2 is 1.38 bits per heavy atom. The van der Waals surface area contributed by atoms with Crippen molar-refractivity contribution < 1.29 is 13.9 Å². The summed E-state index contributed by atoms with van der Waals surface area (Å²) in [6.07, 6.45) is 0. The fourth-order valence-corrected chi connectivity index (χ4v) is 3.22. The Kier molecular flexibility index (Phi) is 5.28. The molecule has 0 atom stereocenters. The number of ether oxygens (including phenoxy) is 2. The second-order valence-corrected chi connectivity index (χ2v) is 12.2. The van der Waals surface area contributed by atoms with Crippen LogP contribution in [0.15, 0.2) is 42.5 Å². The van der Waals surface area contributed by atoms with Crippen LogP contribution in [0.25, 0.3) is 11.1 Å². The molecule has 4 heteroatoms. The van der Waals surface area contributed by atoms with Crippen molar-refractivity contribution in [3.8, 4) is 28.4 Å². The van der Waals surface area contributed by atoms with Crippen molar-refractivity contribution in [2.24, 2.45) is 0 Å². The number of benzene rings is 2. The molecule has 0 N–H and O–H groups in total. The van der Waals surface area contributed by atoms with Gasteiger partial charge >= 0.3 is 0 Å². The Balaban J connectivity index is 2.50. The summed E-state index contributed by atoms with van der Waals surface area (Å²) in [5.74, 6) is 2.46. The lowest BCUT2D eigenvalue weighted by atomic mass is 10.0. The van der Waals surface area contributed by atoms with Crippen LogP contribution in [0, 0.1) is 0 Å². The van der Waals surface area contributed by atoms with Gasteiger partial charge in [0.2, 0.25) is 0 Å². The molecule has 0 fully saturated rings. The Labute approximate surface area is 146 Å². The molecule has 0 saturated carbocycles. The lowest BCUT2D eigenvalue weighted by molar-refractivity contribution is 0.394. The zero-order valence-electron chi connectivity index (χ0n) is 15.8. The van der Waals surface area contributed by atoms with E-state index in [0.29, 0.717) is 0 Å². The Morgan fingerprint density at radius 1 is 0.833 bits per heavy atom. The zero-order chi connectivity index (χ0) is 18.0. The predicted molar refractivity (Wildman–Crippen MR) is 103 cm³/mol. The maximum Gasteiger partial charge on any atom is 0.250 e. The molecule has 0 aliphatic carbocycles. The van der Waals surface area contributed by atoms with E-state index in [-0.39, 0.29) is 5.04 Å². The summed E-state index contributed by atoms with van der Waals surface area (Å²) in [5, 5.41) is 0.145. The summed E-state index contributed by atoms with van der Waals surface area (Å²) in [6.45, 7) is 11.3. The van der Waals surface area contributed by atoms with E-state index in [4.69, 9.17) is 13.9 Å². The highest BCUT2D eigenvalue weighted by Gasteiger charge is 2.39. The molecule has 24 heavy (non-hydrogen) atoms. The first-order chi connectivity index (χ1) is 11.2. The van der Waals surface area contributed by atoms with Crippen molar-refractivity contribution in [2.75, 3.05) is 14.2 Å². The molecule has 2 rings (SSSR count). The quantitative estimate of drug-likeness (QED) is 0.646. The van der Waals surface area contributed by atoms with Crippen molar-refractivity contribution in [3.63, 3.8) is 0 Å². The second kappa shape index (κ2) is 6.89. The van der Waals surface area contributed by atoms with Crippen molar-refractivity contribution in [1.29, 1.82) is 0 Å². The van der Waals surface area contributed by atoms with Gasteiger partial charge in [0.05, 0.1) is 14.2 Å². The van der Waals surface area contributed by atoms with E-state index >= 15 is 0 Å². The average Bonchev–Trinajstić information content (AvgIpc) is 2.53. The minimum Gasteiger partial charge on any atom is -0.543 e. The van der Waals surface area contributed by atoms with E-state index in [2.05, 4.69) is 39.9 Å². The van der Waals surface area contributed by atoms with Gasteiger partial charge in [-0.25, -0.2) is 0 Å². The molecular weight excluding hydrogens is 316 g/mol. The van der Waals surface area contributed by atoms with Crippen molar-refractivity contribution in [2.45, 2.75) is 38.9 Å². The van der Waals surface area contributed by atoms with Gasteiger partial charge in [0.1, 0.15) is 17.2 Å². The average molecular weight is 345 g/mol. The van der Waals surface area contributed by atoms with Crippen LogP contribution in [-0.4, -0.2) is 22.5 Å². The first-order valence-corrected chi connectivity index (χ1v) is 11.1. The predicted octanol–water partition coefficient (Wildman–Crippen LogP) is 5.75. The van der Waals surface area contributed by atoms with Gasteiger partial charge < -0.3 is 13.9 Å². The van der Waals surface area contributed by atoms with Gasteiger partial charge in [0.15, 0.2) is 0 Å². The SMILES string of the molecule is COc1cc(OC)cc(-c2ccccc2O[Si](C)(C)C(C)(C)C)c1. The second-order valence-electron chi connectivity index (χ2n) is 7.46. The number of hydrogen-bond acceptors (Lipinski definition) is 3. The van der Waals surface area contributed by atoms with Crippen LogP contribution in [0.4, 0.5) is 0 Å². The lowest BCUT2D eigenvalue weighted by Crippen LogP contribution is -2.43. The Morgan fingerprint density at radius 3 is 1.88 bits per heavy atom. The van der Waals surface area contributed by atoms with Crippen LogP contribution >= 0.6 is 0 Å². The number of hydrogen-bond donors (Lipinski definition) is 0. The molecule has 0 aliphatic rings. The minimum atomic E-state index is -1.92. The molecule has 2 aromatic rings. The topological polar surface area (TPSA) is 27.7 Å². The third-order valence-corrected chi connectivity index (χ3v) is 9.06. The minimum absolute atomic E-state index is 0.145. The lowest BCUT2D eigenvalue weighted by Gasteiger charge is -2.37. The monoisotopic (exact) mass is 344 g/mol. The van der Waals surface area contributed by atoms with Gasteiger partial charge in [-0.2, -0.15) is 0 Å². The molecule has 2 aromatic carbocycles. The highest BCUT2D eigenvalue weighted by atomic mass is 28.4. The van der Waals surface area contributed by atoms with E-state index in [1.54, 1.807) is 14.2 Å². The Hall–Kier alpha value is -1.94. The molecule has 0 aromatic heterocycles. The van der Waals surface area contributed by atoms with Gasteiger partial charge in [-0.05, 0) is 41.9 Å². The zero-order valence-corrected chi connectivity index (χ0v) is 16.8. The molecule has 0 bridgehead atoms. The summed E-state index contributed by atoms with van der Waals surface area (Å²) in [4.78, 5) is 0. The first kappa shape index (κ1) is 18.4. The van der Waals surface area contributed by atoms with Gasteiger partial charge in [0.25, 0.3) is 8.32 Å². The molecule has 0 aliphatic heterocycles. The van der Waals surface area contributed by atoms with E-state index < -0.39 is 8.32 Å². The summed E-state index contributed by atoms with van der Waals surface area (Å²) in [5.41, 5.74) is 2.08. The molecule has 0 radical (unpaired) electrons. The third kappa shape index (κ3) is 3.93. The van der Waals surface area contributed by atoms with Gasteiger partial charge in [-0.3, -0.25) is 0 Å². The smallest absolute Gasteiger partial charge is 0.250 e. The highest BCUT2D eigenvalue weighted by Crippen LogP contribution is 2.41. The van der Waals surface area contributed by atoms with Gasteiger partial charge in [-0.15, -0.1) is 0 Å². The van der Waals surface area contributed by atoms with E-state index in [9.17, 15) is 0 Å². The van der Waals surface area contributed by atoms with Crippen LogP contribution in [0.1, 0.15) is 20.8 Å². The highest BCUT2D eigenvalue weighted by molar-refractivity contribution is 6.74. The van der Waals surface area contributed by atoms with E-state index in [1.807, 2.05) is 36.4 Å². The maximum atomic E-state index is 6.56. The van der Waals surface area contributed by atoms with Crippen LogP contribution in [0.2, 0.25) is 18.1 Å². The van der Waals surface area contributed by atoms with E-state index in [1.165, 1.54) is 0 Å². The molecule has 0 unspecified atom stereocenters. The van der Waals surface area contributed by atoms with Crippen LogP contribution in [0.3, 0.4) is 0 Å². The number of rotatable bonds is 5.